The standard InChI is InChI=1S/C16H8BrClO/c17-12-3-1-2-9-4-7-13-16(15(9)12)11-6-5-10(18)8-14(11)19-13/h1-8H. The molecule has 0 saturated heterocycles. The number of halogens is 2. The topological polar surface area (TPSA) is 13.1 Å². The predicted octanol–water partition coefficient (Wildman–Crippen LogP) is 6.16. The third-order valence-corrected chi connectivity index (χ3v) is 4.29. The van der Waals surface area contributed by atoms with Crippen molar-refractivity contribution in [2.45, 2.75) is 0 Å². The second-order valence-electron chi connectivity index (χ2n) is 4.52. The van der Waals surface area contributed by atoms with E-state index >= 15 is 0 Å². The van der Waals surface area contributed by atoms with Crippen LogP contribution in [-0.2, 0) is 0 Å². The number of rotatable bonds is 0. The molecule has 0 unspecified atom stereocenters. The highest BCUT2D eigenvalue weighted by Crippen LogP contribution is 2.38. The van der Waals surface area contributed by atoms with Crippen LogP contribution in [0.25, 0.3) is 32.7 Å². The maximum Gasteiger partial charge on any atom is 0.136 e. The van der Waals surface area contributed by atoms with Crippen molar-refractivity contribution in [1.82, 2.24) is 0 Å². The van der Waals surface area contributed by atoms with Crippen LogP contribution in [0.5, 0.6) is 0 Å². The molecule has 0 aliphatic carbocycles. The lowest BCUT2D eigenvalue weighted by Gasteiger charge is -2.02. The Morgan fingerprint density at radius 3 is 2.68 bits per heavy atom. The normalized spacial score (nSPS) is 11.7. The first kappa shape index (κ1) is 11.3. The Labute approximate surface area is 122 Å². The van der Waals surface area contributed by atoms with Crippen molar-refractivity contribution in [2.75, 3.05) is 0 Å². The van der Waals surface area contributed by atoms with Crippen molar-refractivity contribution >= 4 is 60.2 Å². The smallest absolute Gasteiger partial charge is 0.136 e. The first-order valence-corrected chi connectivity index (χ1v) is 7.10. The van der Waals surface area contributed by atoms with Gasteiger partial charge in [0, 0.05) is 31.7 Å². The van der Waals surface area contributed by atoms with E-state index in [1.165, 1.54) is 10.8 Å². The molecule has 0 saturated carbocycles. The van der Waals surface area contributed by atoms with Crippen molar-refractivity contribution in [3.05, 3.63) is 58.0 Å². The largest absolute Gasteiger partial charge is 0.456 e. The van der Waals surface area contributed by atoms with Gasteiger partial charge in [-0.3, -0.25) is 0 Å². The first-order valence-electron chi connectivity index (χ1n) is 5.93. The zero-order chi connectivity index (χ0) is 13.0. The van der Waals surface area contributed by atoms with Gasteiger partial charge >= 0.3 is 0 Å². The Hall–Kier alpha value is -1.51. The van der Waals surface area contributed by atoms with Crippen LogP contribution in [0.15, 0.2) is 57.4 Å². The summed E-state index contributed by atoms with van der Waals surface area (Å²) in [4.78, 5) is 0. The van der Waals surface area contributed by atoms with E-state index in [2.05, 4.69) is 34.1 Å². The molecule has 0 radical (unpaired) electrons. The quantitative estimate of drug-likeness (QED) is 0.376. The molecule has 3 heteroatoms. The predicted molar refractivity (Wildman–Crippen MR) is 83.9 cm³/mol. The van der Waals surface area contributed by atoms with Crippen LogP contribution in [-0.4, -0.2) is 0 Å². The van der Waals surface area contributed by atoms with Crippen molar-refractivity contribution in [2.24, 2.45) is 0 Å². The fraction of sp³-hybridized carbons (Fsp3) is 0. The average Bonchev–Trinajstić information content (AvgIpc) is 2.76. The highest BCUT2D eigenvalue weighted by molar-refractivity contribution is 9.10. The van der Waals surface area contributed by atoms with Gasteiger partial charge in [-0.15, -0.1) is 0 Å². The van der Waals surface area contributed by atoms with Gasteiger partial charge in [-0.05, 0) is 29.7 Å². The number of furan rings is 1. The summed E-state index contributed by atoms with van der Waals surface area (Å²) in [6.07, 6.45) is 0. The molecule has 0 bridgehead atoms. The summed E-state index contributed by atoms with van der Waals surface area (Å²) in [6.45, 7) is 0. The van der Waals surface area contributed by atoms with E-state index in [1.54, 1.807) is 0 Å². The van der Waals surface area contributed by atoms with Crippen molar-refractivity contribution in [3.63, 3.8) is 0 Å². The van der Waals surface area contributed by atoms with E-state index in [0.29, 0.717) is 5.02 Å². The lowest BCUT2D eigenvalue weighted by atomic mass is 10.0. The molecule has 0 fully saturated rings. The molecule has 4 rings (SSSR count). The van der Waals surface area contributed by atoms with Gasteiger partial charge in [-0.25, -0.2) is 0 Å². The molecule has 0 aliphatic rings. The van der Waals surface area contributed by atoms with Gasteiger partial charge in [-0.2, -0.15) is 0 Å². The zero-order valence-electron chi connectivity index (χ0n) is 9.78. The van der Waals surface area contributed by atoms with Crippen LogP contribution in [0.1, 0.15) is 0 Å². The molecule has 0 spiro atoms. The van der Waals surface area contributed by atoms with Crippen LogP contribution < -0.4 is 0 Å². The molecule has 1 heterocycles. The SMILES string of the molecule is Clc1ccc2c(c1)oc1ccc3cccc(Br)c3c12. The molecule has 19 heavy (non-hydrogen) atoms. The van der Waals surface area contributed by atoms with Gasteiger partial charge in [0.1, 0.15) is 11.2 Å². The summed E-state index contributed by atoms with van der Waals surface area (Å²) in [6, 6.07) is 16.1. The van der Waals surface area contributed by atoms with Crippen LogP contribution in [0.2, 0.25) is 5.02 Å². The van der Waals surface area contributed by atoms with Gasteiger partial charge in [0.05, 0.1) is 0 Å². The minimum Gasteiger partial charge on any atom is -0.456 e. The first-order chi connectivity index (χ1) is 9.24. The second kappa shape index (κ2) is 3.99. The van der Waals surface area contributed by atoms with Crippen LogP contribution in [0.4, 0.5) is 0 Å². The minimum absolute atomic E-state index is 0.690. The lowest BCUT2D eigenvalue weighted by molar-refractivity contribution is 0.669. The molecule has 0 amide bonds. The number of fused-ring (bicyclic) bond motifs is 5. The van der Waals surface area contributed by atoms with Gasteiger partial charge in [-0.1, -0.05) is 45.7 Å². The highest BCUT2D eigenvalue weighted by atomic mass is 79.9. The number of hydrogen-bond acceptors (Lipinski definition) is 1. The van der Waals surface area contributed by atoms with Crippen molar-refractivity contribution in [3.8, 4) is 0 Å². The van der Waals surface area contributed by atoms with Crippen LogP contribution in [0, 0.1) is 0 Å². The Morgan fingerprint density at radius 2 is 1.79 bits per heavy atom. The molecule has 0 aliphatic heterocycles. The molecular formula is C16H8BrClO. The van der Waals surface area contributed by atoms with Crippen molar-refractivity contribution < 1.29 is 4.42 Å². The summed E-state index contributed by atoms with van der Waals surface area (Å²) in [5.74, 6) is 0. The van der Waals surface area contributed by atoms with E-state index in [1.807, 2.05) is 30.3 Å². The summed E-state index contributed by atoms with van der Waals surface area (Å²) >= 11 is 9.66. The lowest BCUT2D eigenvalue weighted by Crippen LogP contribution is -1.76. The van der Waals surface area contributed by atoms with E-state index < -0.39 is 0 Å². The maximum absolute atomic E-state index is 6.03. The number of benzene rings is 3. The monoisotopic (exact) mass is 330 g/mol. The molecule has 1 aromatic heterocycles. The highest BCUT2D eigenvalue weighted by Gasteiger charge is 2.12. The summed E-state index contributed by atoms with van der Waals surface area (Å²) < 4.78 is 6.97. The molecule has 1 nitrogen and oxygen atoms in total. The average molecular weight is 332 g/mol. The third-order valence-electron chi connectivity index (χ3n) is 3.39. The molecule has 92 valence electrons. The minimum atomic E-state index is 0.690. The Bertz CT molecular complexity index is 940. The molecule has 4 aromatic rings. The van der Waals surface area contributed by atoms with Crippen molar-refractivity contribution in [1.29, 1.82) is 0 Å². The Balaban J connectivity index is 2.35. The summed E-state index contributed by atoms with van der Waals surface area (Å²) in [5, 5.41) is 5.30. The fourth-order valence-electron chi connectivity index (χ4n) is 2.57. The maximum atomic E-state index is 6.03. The van der Waals surface area contributed by atoms with Gasteiger partial charge in [0.15, 0.2) is 0 Å². The Morgan fingerprint density at radius 1 is 0.895 bits per heavy atom. The van der Waals surface area contributed by atoms with Crippen LogP contribution >= 0.6 is 27.5 Å². The zero-order valence-corrected chi connectivity index (χ0v) is 12.1. The summed E-state index contributed by atoms with van der Waals surface area (Å²) in [5.41, 5.74) is 1.71. The molecule has 0 N–H and O–H groups in total. The van der Waals surface area contributed by atoms with Gasteiger partial charge in [0.2, 0.25) is 0 Å². The third kappa shape index (κ3) is 1.60. The number of hydrogen-bond donors (Lipinski definition) is 0. The summed E-state index contributed by atoms with van der Waals surface area (Å²) in [7, 11) is 0. The van der Waals surface area contributed by atoms with E-state index in [-0.39, 0.29) is 0 Å². The van der Waals surface area contributed by atoms with Gasteiger partial charge < -0.3 is 4.42 Å². The molecule has 3 aromatic carbocycles. The molecular weight excluding hydrogens is 324 g/mol. The van der Waals surface area contributed by atoms with Gasteiger partial charge in [0.25, 0.3) is 0 Å². The van der Waals surface area contributed by atoms with E-state index in [0.717, 1.165) is 26.4 Å². The van der Waals surface area contributed by atoms with E-state index in [9.17, 15) is 0 Å². The van der Waals surface area contributed by atoms with Crippen LogP contribution in [0.3, 0.4) is 0 Å². The van der Waals surface area contributed by atoms with E-state index in [4.69, 9.17) is 16.0 Å². The fourth-order valence-corrected chi connectivity index (χ4v) is 3.32. The second-order valence-corrected chi connectivity index (χ2v) is 5.81. The molecule has 0 atom stereocenters. The Kier molecular flexibility index (Phi) is 2.38.